The first kappa shape index (κ1) is 21.7. The first-order chi connectivity index (χ1) is 16.5. The molecule has 0 spiro atoms. The molecule has 170 valence electrons. The molecule has 0 saturated carbocycles. The molecular weight excluding hydrogens is 454 g/mol. The minimum absolute atomic E-state index is 0.0683. The minimum Gasteiger partial charge on any atom is -0.495 e. The van der Waals surface area contributed by atoms with E-state index in [-0.39, 0.29) is 5.78 Å². The summed E-state index contributed by atoms with van der Waals surface area (Å²) in [7, 11) is 3.10. The first-order valence-corrected chi connectivity index (χ1v) is 10.8. The van der Waals surface area contributed by atoms with Crippen LogP contribution in [0.25, 0.3) is 16.7 Å². The van der Waals surface area contributed by atoms with E-state index >= 15 is 0 Å². The highest BCUT2D eigenvalue weighted by Crippen LogP contribution is 2.38. The lowest BCUT2D eigenvalue weighted by Gasteiger charge is -2.15. The molecule has 0 unspecified atom stereocenters. The van der Waals surface area contributed by atoms with E-state index in [2.05, 4.69) is 15.5 Å². The number of fused-ring (bicyclic) bond motifs is 3. The summed E-state index contributed by atoms with van der Waals surface area (Å²) < 4.78 is 12.6. The van der Waals surface area contributed by atoms with Crippen molar-refractivity contribution in [3.8, 4) is 11.5 Å². The monoisotopic (exact) mass is 473 g/mol. The number of benzene rings is 3. The van der Waals surface area contributed by atoms with E-state index in [1.54, 1.807) is 37.4 Å². The predicted octanol–water partition coefficient (Wildman–Crippen LogP) is 5.23. The standard InChI is InChI=1S/C25H20ClN5O3/c1-14-29-30-25-24(28-19-12-17(26)21(33-2)13-22(19)34-3)27-18-10-9-16(11-20(18)31(14)25)23(32)15-7-5-4-6-8-15/h4-13H,1-3H3,(H,27,28). The Labute approximate surface area is 200 Å². The van der Waals surface area contributed by atoms with Gasteiger partial charge < -0.3 is 14.8 Å². The molecule has 0 aliphatic carbocycles. The molecule has 8 nitrogen and oxygen atoms in total. The third-order valence-electron chi connectivity index (χ3n) is 5.51. The number of nitrogens with one attached hydrogen (secondary N) is 1. The normalized spacial score (nSPS) is 11.1. The molecule has 0 radical (unpaired) electrons. The van der Waals surface area contributed by atoms with Gasteiger partial charge in [-0.1, -0.05) is 41.9 Å². The van der Waals surface area contributed by atoms with E-state index < -0.39 is 0 Å². The van der Waals surface area contributed by atoms with Crippen molar-refractivity contribution in [1.29, 1.82) is 0 Å². The summed E-state index contributed by atoms with van der Waals surface area (Å²) in [5.41, 5.74) is 3.67. The number of rotatable bonds is 6. The zero-order chi connectivity index (χ0) is 23.8. The van der Waals surface area contributed by atoms with Crippen LogP contribution >= 0.6 is 11.6 Å². The molecule has 9 heteroatoms. The van der Waals surface area contributed by atoms with Crippen LogP contribution in [0, 0.1) is 6.92 Å². The van der Waals surface area contributed by atoms with Gasteiger partial charge >= 0.3 is 0 Å². The van der Waals surface area contributed by atoms with Crippen molar-refractivity contribution in [3.05, 3.63) is 82.6 Å². The SMILES string of the molecule is COc1cc(OC)c(Nc2nc3ccc(C(=O)c4ccccc4)cc3n3c(C)nnc23)cc1Cl. The van der Waals surface area contributed by atoms with Gasteiger partial charge in [0.15, 0.2) is 11.6 Å². The van der Waals surface area contributed by atoms with Crippen molar-refractivity contribution in [3.63, 3.8) is 0 Å². The second kappa shape index (κ2) is 8.64. The molecule has 0 amide bonds. The number of aryl methyl sites for hydroxylation is 1. The maximum atomic E-state index is 13.0. The Bertz CT molecular complexity index is 1550. The number of ether oxygens (including phenoxy) is 2. The van der Waals surface area contributed by atoms with Crippen molar-refractivity contribution in [1.82, 2.24) is 19.6 Å². The van der Waals surface area contributed by atoms with Crippen molar-refractivity contribution >= 4 is 45.6 Å². The van der Waals surface area contributed by atoms with Crippen molar-refractivity contribution in [2.24, 2.45) is 0 Å². The van der Waals surface area contributed by atoms with Gasteiger partial charge in [0.25, 0.3) is 0 Å². The second-order valence-corrected chi connectivity index (χ2v) is 7.98. The van der Waals surface area contributed by atoms with Crippen LogP contribution in [0.3, 0.4) is 0 Å². The molecule has 0 bridgehead atoms. The Kier molecular flexibility index (Phi) is 5.51. The quantitative estimate of drug-likeness (QED) is 0.337. The molecule has 2 heterocycles. The number of anilines is 2. The number of halogens is 1. The lowest BCUT2D eigenvalue weighted by Crippen LogP contribution is -2.05. The molecule has 0 aliphatic rings. The van der Waals surface area contributed by atoms with E-state index in [9.17, 15) is 4.79 Å². The number of aromatic nitrogens is 4. The third kappa shape index (κ3) is 3.68. The topological polar surface area (TPSA) is 90.6 Å². The van der Waals surface area contributed by atoms with Crippen LogP contribution in [0.15, 0.2) is 60.7 Å². The summed E-state index contributed by atoms with van der Waals surface area (Å²) in [6.45, 7) is 1.85. The second-order valence-electron chi connectivity index (χ2n) is 7.58. The number of nitrogens with zero attached hydrogens (tertiary/aromatic N) is 4. The fourth-order valence-electron chi connectivity index (χ4n) is 3.84. The van der Waals surface area contributed by atoms with Gasteiger partial charge in [0.05, 0.1) is 36.0 Å². The molecule has 3 aromatic carbocycles. The van der Waals surface area contributed by atoms with E-state index in [0.29, 0.717) is 56.1 Å². The number of methoxy groups -OCH3 is 2. The van der Waals surface area contributed by atoms with Crippen LogP contribution in [0.2, 0.25) is 5.02 Å². The molecule has 1 N–H and O–H groups in total. The molecular formula is C25H20ClN5O3. The van der Waals surface area contributed by atoms with Gasteiger partial charge in [-0.3, -0.25) is 9.20 Å². The summed E-state index contributed by atoms with van der Waals surface area (Å²) in [5.74, 6) is 2.08. The van der Waals surface area contributed by atoms with E-state index in [1.165, 1.54) is 7.11 Å². The third-order valence-corrected chi connectivity index (χ3v) is 5.81. The minimum atomic E-state index is -0.0683. The van der Waals surface area contributed by atoms with Crippen molar-refractivity contribution in [2.75, 3.05) is 19.5 Å². The Morgan fingerprint density at radius 3 is 2.44 bits per heavy atom. The first-order valence-electron chi connectivity index (χ1n) is 10.4. The van der Waals surface area contributed by atoms with Crippen LogP contribution in [0.1, 0.15) is 21.7 Å². The summed E-state index contributed by atoms with van der Waals surface area (Å²) >= 11 is 6.33. The zero-order valence-corrected chi connectivity index (χ0v) is 19.4. The fourth-order valence-corrected chi connectivity index (χ4v) is 4.08. The lowest BCUT2D eigenvalue weighted by atomic mass is 10.0. The number of hydrogen-bond donors (Lipinski definition) is 1. The average Bonchev–Trinajstić information content (AvgIpc) is 3.26. The van der Waals surface area contributed by atoms with Gasteiger partial charge in [-0.05, 0) is 31.2 Å². The molecule has 0 fully saturated rings. The lowest BCUT2D eigenvalue weighted by molar-refractivity contribution is 0.103. The maximum absolute atomic E-state index is 13.0. The maximum Gasteiger partial charge on any atom is 0.204 e. The molecule has 5 aromatic rings. The number of carbonyl (C=O) groups is 1. The Balaban J connectivity index is 1.64. The van der Waals surface area contributed by atoms with E-state index in [4.69, 9.17) is 26.1 Å². The molecule has 5 rings (SSSR count). The summed E-state index contributed by atoms with van der Waals surface area (Å²) in [6, 6.07) is 18.0. The fraction of sp³-hybridized carbons (Fsp3) is 0.120. The van der Waals surface area contributed by atoms with Crippen molar-refractivity contribution in [2.45, 2.75) is 6.92 Å². The highest BCUT2D eigenvalue weighted by atomic mass is 35.5. The zero-order valence-electron chi connectivity index (χ0n) is 18.7. The van der Waals surface area contributed by atoms with E-state index in [0.717, 1.165) is 5.52 Å². The van der Waals surface area contributed by atoms with Crippen LogP contribution < -0.4 is 14.8 Å². The van der Waals surface area contributed by atoms with E-state index in [1.807, 2.05) is 41.7 Å². The van der Waals surface area contributed by atoms with Crippen LogP contribution in [-0.4, -0.2) is 39.6 Å². The van der Waals surface area contributed by atoms with Gasteiger partial charge in [0.1, 0.15) is 17.3 Å². The van der Waals surface area contributed by atoms with Gasteiger partial charge in [-0.15, -0.1) is 10.2 Å². The van der Waals surface area contributed by atoms with Gasteiger partial charge in [-0.2, -0.15) is 0 Å². The molecule has 0 saturated heterocycles. The smallest absolute Gasteiger partial charge is 0.204 e. The highest BCUT2D eigenvalue weighted by Gasteiger charge is 2.18. The highest BCUT2D eigenvalue weighted by molar-refractivity contribution is 6.32. The molecule has 0 atom stereocenters. The van der Waals surface area contributed by atoms with Crippen LogP contribution in [0.4, 0.5) is 11.5 Å². The molecule has 0 aliphatic heterocycles. The largest absolute Gasteiger partial charge is 0.495 e. The Morgan fingerprint density at radius 2 is 1.71 bits per heavy atom. The predicted molar refractivity (Wildman–Crippen MR) is 131 cm³/mol. The Hall–Kier alpha value is -4.17. The number of ketones is 1. The van der Waals surface area contributed by atoms with Crippen LogP contribution in [0.5, 0.6) is 11.5 Å². The molecule has 34 heavy (non-hydrogen) atoms. The van der Waals surface area contributed by atoms with Gasteiger partial charge in [0.2, 0.25) is 5.65 Å². The van der Waals surface area contributed by atoms with Crippen LogP contribution in [-0.2, 0) is 0 Å². The number of hydrogen-bond acceptors (Lipinski definition) is 7. The average molecular weight is 474 g/mol. The Morgan fingerprint density at radius 1 is 0.941 bits per heavy atom. The summed E-state index contributed by atoms with van der Waals surface area (Å²) in [5, 5.41) is 12.2. The number of carbonyl (C=O) groups excluding carboxylic acids is 1. The van der Waals surface area contributed by atoms with Gasteiger partial charge in [0, 0.05) is 17.2 Å². The summed E-state index contributed by atoms with van der Waals surface area (Å²) in [6.07, 6.45) is 0. The van der Waals surface area contributed by atoms with Gasteiger partial charge in [-0.25, -0.2) is 4.98 Å². The molecule has 2 aromatic heterocycles. The van der Waals surface area contributed by atoms with Crippen molar-refractivity contribution < 1.29 is 14.3 Å². The summed E-state index contributed by atoms with van der Waals surface area (Å²) in [4.78, 5) is 17.8.